The molecule has 4 nitrogen and oxygen atoms in total. The van der Waals surface area contributed by atoms with Gasteiger partial charge in [-0.25, -0.2) is 0 Å². The molecule has 5 heteroatoms. The maximum atomic E-state index is 11.9. The first-order valence-corrected chi connectivity index (χ1v) is 7.22. The lowest BCUT2D eigenvalue weighted by Gasteiger charge is -2.14. The second-order valence-electron chi connectivity index (χ2n) is 4.41. The number of nitrogens with two attached hydrogens (primary N) is 1. The maximum Gasteiger partial charge on any atom is 0.239 e. The van der Waals surface area contributed by atoms with Gasteiger partial charge < -0.3 is 11.1 Å². The topological polar surface area (TPSA) is 72.2 Å². The van der Waals surface area contributed by atoms with E-state index in [1.54, 1.807) is 19.1 Å². The average molecular weight is 268 g/mol. The molecule has 0 aliphatic rings. The molecule has 0 aliphatic heterocycles. The van der Waals surface area contributed by atoms with Crippen LogP contribution in [0.1, 0.15) is 26.3 Å². The van der Waals surface area contributed by atoms with E-state index in [1.165, 1.54) is 0 Å². The highest BCUT2D eigenvalue weighted by molar-refractivity contribution is 7.87. The predicted octanol–water partition coefficient (Wildman–Crippen LogP) is 1.63. The number of carbonyl (C=O) groups excluding carboxylic acids is 1. The van der Waals surface area contributed by atoms with Gasteiger partial charge in [-0.2, -0.15) is 0 Å². The molecular weight excluding hydrogens is 248 g/mol. The van der Waals surface area contributed by atoms with Crippen molar-refractivity contribution >= 4 is 22.4 Å². The summed E-state index contributed by atoms with van der Waals surface area (Å²) in [7, 11) is -1.16. The highest BCUT2D eigenvalue weighted by Crippen LogP contribution is 2.11. The summed E-state index contributed by atoms with van der Waals surface area (Å²) in [6, 6.07) is 7.32. The summed E-state index contributed by atoms with van der Waals surface area (Å²) in [4.78, 5) is 11.9. The fourth-order valence-electron chi connectivity index (χ4n) is 1.48. The Balaban J connectivity index is 2.66. The largest absolute Gasteiger partial charge is 0.326 e. The fraction of sp³-hybridized carbons (Fsp3) is 0.462. The van der Waals surface area contributed by atoms with Gasteiger partial charge in [-0.3, -0.25) is 9.00 Å². The Labute approximate surface area is 110 Å². The molecule has 100 valence electrons. The lowest BCUT2D eigenvalue weighted by atomic mass is 10.2. The van der Waals surface area contributed by atoms with Crippen LogP contribution < -0.4 is 11.1 Å². The number of hydrogen-bond acceptors (Lipinski definition) is 3. The summed E-state index contributed by atoms with van der Waals surface area (Å²) < 4.78 is 11.8. The molecule has 0 heterocycles. The standard InChI is InChI=1S/C13H20N2O2S/c1-9(2)18(17)10(3)13(16)15-12-6-4-11(8-14)5-7-12/h4-7,9-10H,8,14H2,1-3H3,(H,15,16). The average Bonchev–Trinajstić information content (AvgIpc) is 2.37. The lowest BCUT2D eigenvalue weighted by molar-refractivity contribution is -0.115. The van der Waals surface area contributed by atoms with E-state index in [-0.39, 0.29) is 11.2 Å². The Kier molecular flexibility index (Phi) is 5.50. The van der Waals surface area contributed by atoms with Crippen LogP contribution in [-0.2, 0) is 22.1 Å². The van der Waals surface area contributed by atoms with Gasteiger partial charge in [-0.1, -0.05) is 26.0 Å². The molecule has 0 bridgehead atoms. The second kappa shape index (κ2) is 6.66. The van der Waals surface area contributed by atoms with Crippen LogP contribution in [0, 0.1) is 0 Å². The molecule has 1 aromatic carbocycles. The molecule has 0 fully saturated rings. The number of nitrogens with one attached hydrogen (secondary N) is 1. The van der Waals surface area contributed by atoms with Gasteiger partial charge in [0.1, 0.15) is 5.25 Å². The van der Waals surface area contributed by atoms with E-state index in [2.05, 4.69) is 5.32 Å². The first kappa shape index (κ1) is 14.9. The van der Waals surface area contributed by atoms with E-state index in [0.717, 1.165) is 5.56 Å². The quantitative estimate of drug-likeness (QED) is 0.852. The SMILES string of the molecule is CC(C)S(=O)C(C)C(=O)Nc1ccc(CN)cc1. The molecule has 1 rings (SSSR count). The summed E-state index contributed by atoms with van der Waals surface area (Å²) in [5.74, 6) is -0.220. The van der Waals surface area contributed by atoms with Crippen molar-refractivity contribution in [3.05, 3.63) is 29.8 Å². The van der Waals surface area contributed by atoms with Crippen LogP contribution in [0.25, 0.3) is 0 Å². The Morgan fingerprint density at radius 1 is 1.28 bits per heavy atom. The summed E-state index contributed by atoms with van der Waals surface area (Å²) in [5.41, 5.74) is 7.20. The van der Waals surface area contributed by atoms with Crippen LogP contribution in [0.15, 0.2) is 24.3 Å². The molecule has 0 aromatic heterocycles. The summed E-state index contributed by atoms with van der Waals surface area (Å²) >= 11 is 0. The molecule has 0 spiro atoms. The molecule has 0 saturated carbocycles. The Hall–Kier alpha value is -1.20. The van der Waals surface area contributed by atoms with Crippen LogP contribution in [0.5, 0.6) is 0 Å². The van der Waals surface area contributed by atoms with Crippen LogP contribution in [0.4, 0.5) is 5.69 Å². The molecular formula is C13H20N2O2S. The number of benzene rings is 1. The molecule has 0 saturated heterocycles. The summed E-state index contributed by atoms with van der Waals surface area (Å²) in [5, 5.41) is 2.22. The smallest absolute Gasteiger partial charge is 0.239 e. The van der Waals surface area contributed by atoms with Gasteiger partial charge in [0.15, 0.2) is 0 Å². The van der Waals surface area contributed by atoms with Crippen LogP contribution in [-0.4, -0.2) is 20.6 Å². The zero-order chi connectivity index (χ0) is 13.7. The van der Waals surface area contributed by atoms with Gasteiger partial charge >= 0.3 is 0 Å². The minimum atomic E-state index is -1.16. The summed E-state index contributed by atoms with van der Waals surface area (Å²) in [6.07, 6.45) is 0. The molecule has 1 amide bonds. The van der Waals surface area contributed by atoms with Crippen molar-refractivity contribution in [3.8, 4) is 0 Å². The number of rotatable bonds is 5. The lowest BCUT2D eigenvalue weighted by Crippen LogP contribution is -2.32. The van der Waals surface area contributed by atoms with E-state index in [4.69, 9.17) is 5.73 Å². The van der Waals surface area contributed by atoms with E-state index in [1.807, 2.05) is 26.0 Å². The number of anilines is 1. The molecule has 18 heavy (non-hydrogen) atoms. The molecule has 0 aliphatic carbocycles. The zero-order valence-electron chi connectivity index (χ0n) is 11.0. The van der Waals surface area contributed by atoms with Crippen molar-refractivity contribution in [3.63, 3.8) is 0 Å². The highest BCUT2D eigenvalue weighted by Gasteiger charge is 2.22. The molecule has 3 N–H and O–H groups in total. The molecule has 1 aromatic rings. The Bertz CT molecular complexity index is 429. The van der Waals surface area contributed by atoms with Crippen molar-refractivity contribution in [1.29, 1.82) is 0 Å². The van der Waals surface area contributed by atoms with Gasteiger partial charge in [0.05, 0.1) is 0 Å². The van der Waals surface area contributed by atoms with Crippen LogP contribution in [0.3, 0.4) is 0 Å². The van der Waals surface area contributed by atoms with E-state index in [0.29, 0.717) is 12.2 Å². The van der Waals surface area contributed by atoms with Crippen LogP contribution >= 0.6 is 0 Å². The van der Waals surface area contributed by atoms with Gasteiger partial charge in [-0.05, 0) is 24.6 Å². The minimum absolute atomic E-state index is 0.0228. The summed E-state index contributed by atoms with van der Waals surface area (Å²) in [6.45, 7) is 5.84. The first-order valence-electron chi connectivity index (χ1n) is 5.95. The Morgan fingerprint density at radius 3 is 2.28 bits per heavy atom. The minimum Gasteiger partial charge on any atom is -0.326 e. The molecule has 0 radical (unpaired) electrons. The normalized spacial score (nSPS) is 14.3. The molecule has 2 unspecified atom stereocenters. The van der Waals surface area contributed by atoms with Gasteiger partial charge in [0.2, 0.25) is 5.91 Å². The van der Waals surface area contributed by atoms with E-state index in [9.17, 15) is 9.00 Å². The second-order valence-corrected chi connectivity index (χ2v) is 6.72. The maximum absolute atomic E-state index is 11.9. The van der Waals surface area contributed by atoms with E-state index >= 15 is 0 Å². The van der Waals surface area contributed by atoms with Crippen molar-refractivity contribution in [2.45, 2.75) is 37.8 Å². The van der Waals surface area contributed by atoms with Crippen molar-refractivity contribution < 1.29 is 9.00 Å². The monoisotopic (exact) mass is 268 g/mol. The van der Waals surface area contributed by atoms with Gasteiger partial charge in [0.25, 0.3) is 0 Å². The third-order valence-corrected chi connectivity index (χ3v) is 4.48. The number of carbonyl (C=O) groups is 1. The first-order chi connectivity index (χ1) is 8.45. The number of amides is 1. The van der Waals surface area contributed by atoms with Crippen LogP contribution in [0.2, 0.25) is 0 Å². The predicted molar refractivity (Wildman–Crippen MR) is 75.7 cm³/mol. The van der Waals surface area contributed by atoms with Gasteiger partial charge in [0, 0.05) is 28.3 Å². The zero-order valence-corrected chi connectivity index (χ0v) is 11.8. The third kappa shape index (κ3) is 3.92. The Morgan fingerprint density at radius 2 is 1.83 bits per heavy atom. The highest BCUT2D eigenvalue weighted by atomic mass is 32.2. The van der Waals surface area contributed by atoms with Crippen molar-refractivity contribution in [2.24, 2.45) is 5.73 Å². The molecule has 2 atom stereocenters. The van der Waals surface area contributed by atoms with Crippen molar-refractivity contribution in [2.75, 3.05) is 5.32 Å². The van der Waals surface area contributed by atoms with Crippen molar-refractivity contribution in [1.82, 2.24) is 0 Å². The third-order valence-electron chi connectivity index (χ3n) is 2.64. The fourth-order valence-corrected chi connectivity index (χ4v) is 2.57. The van der Waals surface area contributed by atoms with E-state index < -0.39 is 16.0 Å². The van der Waals surface area contributed by atoms with Gasteiger partial charge in [-0.15, -0.1) is 0 Å². The number of hydrogen-bond donors (Lipinski definition) is 2.